The van der Waals surface area contributed by atoms with E-state index >= 15 is 0 Å². The van der Waals surface area contributed by atoms with E-state index in [-0.39, 0.29) is 34.4 Å². The summed E-state index contributed by atoms with van der Waals surface area (Å²) < 4.78 is 5.97. The lowest BCUT2D eigenvalue weighted by molar-refractivity contribution is -0.149. The Labute approximate surface area is 145 Å². The molecule has 0 spiro atoms. The summed E-state index contributed by atoms with van der Waals surface area (Å²) in [7, 11) is 0. The van der Waals surface area contributed by atoms with E-state index in [0.717, 1.165) is 25.9 Å². The second-order valence-corrected chi connectivity index (χ2v) is 10.2. The summed E-state index contributed by atoms with van der Waals surface area (Å²) in [5.74, 6) is 1.14. The number of nitrogens with zero attached hydrogens (tertiary/aromatic N) is 2. The van der Waals surface area contributed by atoms with Crippen molar-refractivity contribution in [3.05, 3.63) is 0 Å². The normalized spacial score (nSPS) is 38.3. The molecule has 0 radical (unpaired) electrons. The average Bonchev–Trinajstić information content (AvgIpc) is 3.20. The number of thioether (sulfide) groups is 1. The first-order valence-corrected chi connectivity index (χ1v) is 9.98. The van der Waals surface area contributed by atoms with Gasteiger partial charge in [-0.2, -0.15) is 0 Å². The minimum Gasteiger partial charge on any atom is -0.373 e. The first kappa shape index (κ1) is 17.6. The largest absolute Gasteiger partial charge is 0.373 e. The van der Waals surface area contributed by atoms with Crippen molar-refractivity contribution in [3.63, 3.8) is 0 Å². The van der Waals surface area contributed by atoms with Crippen LogP contribution in [-0.4, -0.2) is 57.3 Å². The van der Waals surface area contributed by atoms with Crippen LogP contribution in [-0.2, 0) is 9.53 Å². The zero-order valence-electron chi connectivity index (χ0n) is 15.4. The van der Waals surface area contributed by atoms with Gasteiger partial charge in [-0.15, -0.1) is 11.8 Å². The highest BCUT2D eigenvalue weighted by Gasteiger charge is 2.55. The fraction of sp³-hybridized carbons (Fsp3) is 0.944. The molecule has 4 unspecified atom stereocenters. The topological polar surface area (TPSA) is 32.8 Å². The summed E-state index contributed by atoms with van der Waals surface area (Å²) in [4.78, 5) is 17.8. The molecule has 3 rings (SSSR count). The Morgan fingerprint density at radius 2 is 1.74 bits per heavy atom. The lowest BCUT2D eigenvalue weighted by Gasteiger charge is -2.46. The molecule has 0 N–H and O–H groups in total. The SMILES string of the molecule is CC1CN(C2N(C(=O)C3CC3)C(C(C)C)SC2(C)C)CC(C)O1. The van der Waals surface area contributed by atoms with E-state index in [0.29, 0.717) is 11.8 Å². The van der Waals surface area contributed by atoms with Gasteiger partial charge in [0, 0.05) is 23.8 Å². The van der Waals surface area contributed by atoms with Crippen LogP contribution in [0.5, 0.6) is 0 Å². The van der Waals surface area contributed by atoms with Crippen LogP contribution in [0.15, 0.2) is 0 Å². The van der Waals surface area contributed by atoms with Gasteiger partial charge in [0.2, 0.25) is 5.91 Å². The maximum atomic E-state index is 13.1. The van der Waals surface area contributed by atoms with Gasteiger partial charge in [0.25, 0.3) is 0 Å². The van der Waals surface area contributed by atoms with Crippen molar-refractivity contribution in [2.45, 2.75) is 82.9 Å². The van der Waals surface area contributed by atoms with E-state index in [9.17, 15) is 4.79 Å². The van der Waals surface area contributed by atoms with E-state index in [2.05, 4.69) is 51.3 Å². The average molecular weight is 341 g/mol. The number of morpholine rings is 1. The van der Waals surface area contributed by atoms with Crippen LogP contribution in [0.1, 0.15) is 54.4 Å². The number of hydrogen-bond donors (Lipinski definition) is 0. The van der Waals surface area contributed by atoms with Crippen LogP contribution < -0.4 is 0 Å². The van der Waals surface area contributed by atoms with Crippen LogP contribution in [0.3, 0.4) is 0 Å². The molecule has 1 saturated carbocycles. The molecule has 4 atom stereocenters. The molecule has 0 aromatic rings. The van der Waals surface area contributed by atoms with Crippen LogP contribution in [0.2, 0.25) is 0 Å². The summed E-state index contributed by atoms with van der Waals surface area (Å²) in [6, 6.07) is 0. The van der Waals surface area contributed by atoms with Crippen LogP contribution in [0.25, 0.3) is 0 Å². The van der Waals surface area contributed by atoms with Crippen LogP contribution in [0, 0.1) is 11.8 Å². The van der Waals surface area contributed by atoms with Gasteiger partial charge in [-0.05, 0) is 46.5 Å². The molecule has 0 aromatic carbocycles. The summed E-state index contributed by atoms with van der Waals surface area (Å²) >= 11 is 1.98. The minimum atomic E-state index is 0.0519. The van der Waals surface area contributed by atoms with Crippen molar-refractivity contribution in [1.82, 2.24) is 9.80 Å². The Morgan fingerprint density at radius 3 is 2.22 bits per heavy atom. The maximum Gasteiger partial charge on any atom is 0.227 e. The second-order valence-electron chi connectivity index (χ2n) is 8.46. The van der Waals surface area contributed by atoms with Crippen molar-refractivity contribution in [2.75, 3.05) is 13.1 Å². The van der Waals surface area contributed by atoms with Gasteiger partial charge in [-0.1, -0.05) is 13.8 Å². The van der Waals surface area contributed by atoms with Crippen molar-refractivity contribution in [1.29, 1.82) is 0 Å². The van der Waals surface area contributed by atoms with Crippen molar-refractivity contribution < 1.29 is 9.53 Å². The molecule has 4 nitrogen and oxygen atoms in total. The Morgan fingerprint density at radius 1 is 1.17 bits per heavy atom. The number of ether oxygens (including phenoxy) is 1. The summed E-state index contributed by atoms with van der Waals surface area (Å²) in [6.07, 6.45) is 2.80. The van der Waals surface area contributed by atoms with E-state index < -0.39 is 0 Å². The number of rotatable bonds is 3. The highest BCUT2D eigenvalue weighted by atomic mass is 32.2. The first-order valence-electron chi connectivity index (χ1n) is 9.10. The van der Waals surface area contributed by atoms with Crippen molar-refractivity contribution in [2.24, 2.45) is 11.8 Å². The zero-order valence-corrected chi connectivity index (χ0v) is 16.2. The third-order valence-corrected chi connectivity index (χ3v) is 6.96. The molecule has 23 heavy (non-hydrogen) atoms. The lowest BCUT2D eigenvalue weighted by Crippen LogP contribution is -2.61. The third-order valence-electron chi connectivity index (χ3n) is 5.13. The van der Waals surface area contributed by atoms with Gasteiger partial charge in [-0.25, -0.2) is 0 Å². The van der Waals surface area contributed by atoms with E-state index in [1.807, 2.05) is 11.8 Å². The maximum absolute atomic E-state index is 13.1. The molecule has 2 heterocycles. The monoisotopic (exact) mass is 340 g/mol. The molecule has 1 aliphatic carbocycles. The molecule has 3 fully saturated rings. The minimum absolute atomic E-state index is 0.0519. The Balaban J connectivity index is 1.90. The fourth-order valence-corrected chi connectivity index (χ4v) is 5.79. The highest BCUT2D eigenvalue weighted by molar-refractivity contribution is 8.01. The molecule has 0 bridgehead atoms. The van der Waals surface area contributed by atoms with Gasteiger partial charge in [0.05, 0.1) is 17.6 Å². The Hall–Kier alpha value is -0.260. The predicted molar refractivity (Wildman–Crippen MR) is 95.2 cm³/mol. The molecular formula is C18H32N2O2S. The van der Waals surface area contributed by atoms with Gasteiger partial charge in [-0.3, -0.25) is 9.69 Å². The van der Waals surface area contributed by atoms with E-state index in [4.69, 9.17) is 4.74 Å². The van der Waals surface area contributed by atoms with Crippen LogP contribution >= 0.6 is 11.8 Å². The standard InChI is InChI=1S/C18H32N2O2S/c1-11(2)16-20(15(21)14-7-8-14)17(18(5,6)23-16)19-9-12(3)22-13(4)10-19/h11-14,16-17H,7-10H2,1-6H3. The summed E-state index contributed by atoms with van der Waals surface area (Å²) in [6.45, 7) is 15.2. The Bertz CT molecular complexity index is 454. The first-order chi connectivity index (χ1) is 10.7. The molecule has 1 amide bonds. The lowest BCUT2D eigenvalue weighted by atomic mass is 10.0. The molecular weight excluding hydrogens is 308 g/mol. The molecule has 132 valence electrons. The smallest absolute Gasteiger partial charge is 0.227 e. The van der Waals surface area contributed by atoms with E-state index in [1.165, 1.54) is 0 Å². The quantitative estimate of drug-likeness (QED) is 0.790. The second kappa shape index (κ2) is 6.23. The highest BCUT2D eigenvalue weighted by Crippen LogP contribution is 2.50. The number of carbonyl (C=O) groups is 1. The molecule has 2 saturated heterocycles. The van der Waals surface area contributed by atoms with Crippen molar-refractivity contribution in [3.8, 4) is 0 Å². The van der Waals surface area contributed by atoms with Gasteiger partial charge in [0.15, 0.2) is 0 Å². The Kier molecular flexibility index (Phi) is 4.76. The van der Waals surface area contributed by atoms with Gasteiger partial charge < -0.3 is 9.64 Å². The molecule has 2 aliphatic heterocycles. The van der Waals surface area contributed by atoms with Gasteiger partial charge >= 0.3 is 0 Å². The third kappa shape index (κ3) is 3.42. The van der Waals surface area contributed by atoms with E-state index in [1.54, 1.807) is 0 Å². The van der Waals surface area contributed by atoms with Crippen molar-refractivity contribution >= 4 is 17.7 Å². The fourth-order valence-electron chi connectivity index (χ4n) is 4.18. The molecule has 0 aromatic heterocycles. The number of hydrogen-bond acceptors (Lipinski definition) is 4. The summed E-state index contributed by atoms with van der Waals surface area (Å²) in [5, 5.41) is 0.288. The van der Waals surface area contributed by atoms with Gasteiger partial charge in [0.1, 0.15) is 6.17 Å². The summed E-state index contributed by atoms with van der Waals surface area (Å²) in [5.41, 5.74) is 0. The molecule has 3 aliphatic rings. The zero-order chi connectivity index (χ0) is 16.9. The van der Waals surface area contributed by atoms with Crippen LogP contribution in [0.4, 0.5) is 0 Å². The molecule has 5 heteroatoms. The number of amides is 1. The number of carbonyl (C=O) groups excluding carboxylic acids is 1. The predicted octanol–water partition coefficient (Wildman–Crippen LogP) is 3.17.